The van der Waals surface area contributed by atoms with Crippen molar-refractivity contribution in [1.29, 1.82) is 10.8 Å². The molecule has 42 valence electrons. The van der Waals surface area contributed by atoms with Gasteiger partial charge < -0.3 is 5.73 Å². The minimum atomic E-state index is -0.0347. The summed E-state index contributed by atoms with van der Waals surface area (Å²) in [5.41, 5.74) is 5.15. The number of hydrogen-bond acceptors (Lipinski definition) is 4. The Morgan fingerprint density at radius 1 is 1.50 bits per heavy atom. The molecule has 0 saturated carbocycles. The van der Waals surface area contributed by atoms with Gasteiger partial charge in [0.05, 0.1) is 0 Å². The van der Waals surface area contributed by atoms with E-state index in [1.54, 1.807) is 0 Å². The van der Waals surface area contributed by atoms with E-state index in [4.69, 9.17) is 16.6 Å². The van der Waals surface area contributed by atoms with Crippen LogP contribution in [0.2, 0.25) is 0 Å². The van der Waals surface area contributed by atoms with Gasteiger partial charge in [-0.15, -0.1) is 0 Å². The van der Waals surface area contributed by atoms with Crippen molar-refractivity contribution in [3.8, 4) is 0 Å². The van der Waals surface area contributed by atoms with Crippen LogP contribution in [0.25, 0.3) is 0 Å². The highest BCUT2D eigenvalue weighted by atomic mass is 32.2. The number of aliphatic imine (C=N–C) groups is 1. The average Bonchev–Trinajstić information content (AvgIpc) is 1.85. The second-order valence-corrected chi connectivity index (χ2v) is 2.26. The van der Waals surface area contributed by atoms with E-state index in [-0.39, 0.29) is 10.9 Å². The van der Waals surface area contributed by atoms with Crippen molar-refractivity contribution in [2.75, 3.05) is 0 Å². The molecule has 4 N–H and O–H groups in total. The zero-order chi connectivity index (χ0) is 6.15. The van der Waals surface area contributed by atoms with Gasteiger partial charge in [0.15, 0.2) is 11.0 Å². The van der Waals surface area contributed by atoms with Crippen LogP contribution in [0.1, 0.15) is 0 Å². The largest absolute Gasteiger partial charge is 0.378 e. The van der Waals surface area contributed by atoms with E-state index >= 15 is 0 Å². The minimum absolute atomic E-state index is 0.0347. The fourth-order valence-corrected chi connectivity index (χ4v) is 0.825. The van der Waals surface area contributed by atoms with Crippen molar-refractivity contribution in [1.82, 2.24) is 0 Å². The molecule has 0 saturated heterocycles. The summed E-state index contributed by atoms with van der Waals surface area (Å²) in [7, 11) is 0. The summed E-state index contributed by atoms with van der Waals surface area (Å²) in [6.07, 6.45) is 0. The molecule has 1 rings (SSSR count). The van der Waals surface area contributed by atoms with Gasteiger partial charge in [-0.25, -0.2) is 4.99 Å². The van der Waals surface area contributed by atoms with Crippen molar-refractivity contribution >= 4 is 27.8 Å². The highest BCUT2D eigenvalue weighted by Crippen LogP contribution is 2.10. The van der Waals surface area contributed by atoms with Gasteiger partial charge in [-0.2, -0.15) is 0 Å². The van der Waals surface area contributed by atoms with Crippen LogP contribution < -0.4 is 5.73 Å². The zero-order valence-corrected chi connectivity index (χ0v) is 4.75. The van der Waals surface area contributed by atoms with Gasteiger partial charge >= 0.3 is 0 Å². The number of nitrogens with one attached hydrogen (secondary N) is 2. The molecule has 0 aromatic rings. The van der Waals surface area contributed by atoms with Crippen molar-refractivity contribution in [2.24, 2.45) is 10.7 Å². The molecule has 0 unspecified atom stereocenters. The monoisotopic (exact) mass is 128 g/mol. The van der Waals surface area contributed by atoms with E-state index < -0.39 is 0 Å². The summed E-state index contributed by atoms with van der Waals surface area (Å²) in [6.45, 7) is 0. The molecule has 0 fully saturated rings. The lowest BCUT2D eigenvalue weighted by molar-refractivity contribution is 1.46. The molecule has 8 heavy (non-hydrogen) atoms. The highest BCUT2D eigenvalue weighted by Gasteiger charge is 2.14. The van der Waals surface area contributed by atoms with Gasteiger partial charge in [0.1, 0.15) is 5.04 Å². The molecular formula is C3H4N4S. The molecule has 0 aliphatic carbocycles. The SMILES string of the molecule is N=C1N=C(N)SC1=N. The van der Waals surface area contributed by atoms with E-state index in [1.165, 1.54) is 0 Å². The fourth-order valence-electron chi connectivity index (χ4n) is 0.337. The van der Waals surface area contributed by atoms with Crippen LogP contribution in [0, 0.1) is 10.8 Å². The van der Waals surface area contributed by atoms with Gasteiger partial charge in [-0.05, 0) is 11.8 Å². The number of hydrogen-bond donors (Lipinski definition) is 3. The lowest BCUT2D eigenvalue weighted by Gasteiger charge is -1.81. The van der Waals surface area contributed by atoms with Crippen LogP contribution in [0.3, 0.4) is 0 Å². The predicted molar refractivity (Wildman–Crippen MR) is 34.7 cm³/mol. The number of thioether (sulfide) groups is 1. The summed E-state index contributed by atoms with van der Waals surface area (Å²) in [6, 6.07) is 0. The van der Waals surface area contributed by atoms with E-state index in [1.807, 2.05) is 0 Å². The summed E-state index contributed by atoms with van der Waals surface area (Å²) >= 11 is 1.02. The first-order valence-corrected chi connectivity index (χ1v) is 2.71. The molecule has 5 heteroatoms. The topological polar surface area (TPSA) is 86.1 Å². The zero-order valence-electron chi connectivity index (χ0n) is 3.93. The maximum absolute atomic E-state index is 6.93. The Kier molecular flexibility index (Phi) is 1.05. The molecule has 0 spiro atoms. The molecule has 0 aromatic carbocycles. The molecule has 0 radical (unpaired) electrons. The fraction of sp³-hybridized carbons (Fsp3) is 0. The van der Waals surface area contributed by atoms with Gasteiger partial charge in [-0.3, -0.25) is 10.8 Å². The standard InChI is InChI=1S/C3H4N4S/c4-1-2(5)8-3(6)7-1/h5H,(H3,4,6,7). The third kappa shape index (κ3) is 0.717. The second kappa shape index (κ2) is 1.59. The molecule has 1 aliphatic rings. The summed E-state index contributed by atoms with van der Waals surface area (Å²) in [5.74, 6) is -0.0347. The van der Waals surface area contributed by atoms with Crippen molar-refractivity contribution in [3.63, 3.8) is 0 Å². The van der Waals surface area contributed by atoms with E-state index in [0.29, 0.717) is 5.17 Å². The highest BCUT2D eigenvalue weighted by molar-refractivity contribution is 8.28. The molecule has 0 aromatic heterocycles. The molecular weight excluding hydrogens is 124 g/mol. The number of amidine groups is 2. The van der Waals surface area contributed by atoms with E-state index in [0.717, 1.165) is 11.8 Å². The Balaban J connectivity index is 2.85. The number of rotatable bonds is 0. The van der Waals surface area contributed by atoms with Crippen LogP contribution in [-0.4, -0.2) is 16.0 Å². The van der Waals surface area contributed by atoms with Crippen LogP contribution in [0.5, 0.6) is 0 Å². The normalized spacial score (nSPS) is 19.2. The van der Waals surface area contributed by atoms with Gasteiger partial charge in [0.25, 0.3) is 0 Å². The summed E-state index contributed by atoms with van der Waals surface area (Å²) in [5, 5.41) is 14.2. The number of nitrogens with two attached hydrogens (primary N) is 1. The van der Waals surface area contributed by atoms with Crippen LogP contribution >= 0.6 is 11.8 Å². The van der Waals surface area contributed by atoms with Gasteiger partial charge in [0.2, 0.25) is 0 Å². The van der Waals surface area contributed by atoms with Crippen LogP contribution in [0.15, 0.2) is 4.99 Å². The summed E-state index contributed by atoms with van der Waals surface area (Å²) < 4.78 is 0. The quantitative estimate of drug-likeness (QED) is 0.429. The van der Waals surface area contributed by atoms with Crippen molar-refractivity contribution in [3.05, 3.63) is 0 Å². The molecule has 1 aliphatic heterocycles. The first-order valence-electron chi connectivity index (χ1n) is 1.89. The maximum atomic E-state index is 6.93. The number of nitrogens with zero attached hydrogens (tertiary/aromatic N) is 1. The molecule has 1 heterocycles. The summed E-state index contributed by atoms with van der Waals surface area (Å²) in [4.78, 5) is 3.49. The lowest BCUT2D eigenvalue weighted by Crippen LogP contribution is -2.01. The average molecular weight is 128 g/mol. The smallest absolute Gasteiger partial charge is 0.179 e. The minimum Gasteiger partial charge on any atom is -0.378 e. The van der Waals surface area contributed by atoms with Crippen molar-refractivity contribution in [2.45, 2.75) is 0 Å². The predicted octanol–water partition coefficient (Wildman–Crippen LogP) is 0.00244. The Morgan fingerprint density at radius 3 is 2.25 bits per heavy atom. The second-order valence-electron chi connectivity index (χ2n) is 1.23. The Hall–Kier alpha value is -0.840. The first kappa shape index (κ1) is 5.30. The molecule has 0 atom stereocenters. The molecule has 0 amide bonds. The first-order chi connectivity index (χ1) is 3.70. The third-order valence-corrected chi connectivity index (χ3v) is 1.34. The molecule has 4 nitrogen and oxygen atoms in total. The van der Waals surface area contributed by atoms with Gasteiger partial charge in [-0.1, -0.05) is 0 Å². The Labute approximate surface area is 50.2 Å². The van der Waals surface area contributed by atoms with Gasteiger partial charge in [0, 0.05) is 0 Å². The van der Waals surface area contributed by atoms with E-state index in [2.05, 4.69) is 4.99 Å². The van der Waals surface area contributed by atoms with Crippen LogP contribution in [0.4, 0.5) is 0 Å². The van der Waals surface area contributed by atoms with Crippen molar-refractivity contribution < 1.29 is 0 Å². The van der Waals surface area contributed by atoms with Crippen LogP contribution in [-0.2, 0) is 0 Å². The third-order valence-electron chi connectivity index (χ3n) is 0.644. The lowest BCUT2D eigenvalue weighted by atomic mass is 10.7. The maximum Gasteiger partial charge on any atom is 0.179 e. The Morgan fingerprint density at radius 2 is 2.12 bits per heavy atom. The Bertz CT molecular complexity index is 182. The molecule has 0 bridgehead atoms. The van der Waals surface area contributed by atoms with E-state index in [9.17, 15) is 0 Å².